The van der Waals surface area contributed by atoms with E-state index in [1.165, 1.54) is 39.4 Å². The minimum atomic E-state index is 1.19. The van der Waals surface area contributed by atoms with Crippen LogP contribution in [0.25, 0.3) is 10.9 Å². The number of rotatable bonds is 3. The molecule has 0 saturated heterocycles. The summed E-state index contributed by atoms with van der Waals surface area (Å²) < 4.78 is 3.77. The van der Waals surface area contributed by atoms with Crippen molar-refractivity contribution in [2.24, 2.45) is 7.05 Å². The second-order valence-corrected chi connectivity index (χ2v) is 5.02. The number of fused-ring (bicyclic) bond motifs is 1. The van der Waals surface area contributed by atoms with Crippen LogP contribution in [0.4, 0.5) is 0 Å². The number of nitrogens with zero attached hydrogens (tertiary/aromatic N) is 1. The van der Waals surface area contributed by atoms with Gasteiger partial charge in [0.25, 0.3) is 0 Å². The molecule has 0 atom stereocenters. The van der Waals surface area contributed by atoms with Crippen LogP contribution in [0.3, 0.4) is 0 Å². The molecule has 0 N–H and O–H groups in total. The average molecular weight is 313 g/mol. The molecule has 0 aliphatic rings. The third kappa shape index (κ3) is 1.92. The lowest BCUT2D eigenvalue weighted by atomic mass is 10.2. The number of halogens is 1. The molecular formula is C13H16IN. The van der Waals surface area contributed by atoms with E-state index in [1.54, 1.807) is 0 Å². The van der Waals surface area contributed by atoms with Gasteiger partial charge in [-0.2, -0.15) is 0 Å². The second kappa shape index (κ2) is 4.56. The van der Waals surface area contributed by atoms with Gasteiger partial charge < -0.3 is 4.57 Å². The first kappa shape index (κ1) is 11.0. The molecule has 0 amide bonds. The lowest BCUT2D eigenvalue weighted by Crippen LogP contribution is -1.97. The smallest absolute Gasteiger partial charge is 0.0490 e. The highest BCUT2D eigenvalue weighted by molar-refractivity contribution is 14.1. The molecule has 1 aromatic carbocycles. The van der Waals surface area contributed by atoms with Crippen molar-refractivity contribution in [3.63, 3.8) is 0 Å². The Balaban J connectivity index is 2.54. The number of benzene rings is 1. The van der Waals surface area contributed by atoms with Gasteiger partial charge in [0, 0.05) is 27.2 Å². The number of hydrogen-bond acceptors (Lipinski definition) is 0. The van der Waals surface area contributed by atoms with Gasteiger partial charge in [-0.25, -0.2) is 0 Å². The summed E-state index contributed by atoms with van der Waals surface area (Å²) in [5.41, 5.74) is 2.84. The molecule has 1 aromatic heterocycles. The zero-order valence-electron chi connectivity index (χ0n) is 9.26. The predicted molar refractivity (Wildman–Crippen MR) is 74.2 cm³/mol. The Morgan fingerprint density at radius 3 is 2.67 bits per heavy atom. The van der Waals surface area contributed by atoms with E-state index in [0.717, 1.165) is 0 Å². The fourth-order valence-corrected chi connectivity index (χ4v) is 3.11. The van der Waals surface area contributed by atoms with Gasteiger partial charge in [0.1, 0.15) is 0 Å². The number of unbranched alkanes of at least 4 members (excludes halogenated alkanes) is 1. The molecule has 15 heavy (non-hydrogen) atoms. The molecule has 80 valence electrons. The highest BCUT2D eigenvalue weighted by Crippen LogP contribution is 2.27. The largest absolute Gasteiger partial charge is 0.347 e. The number of aryl methyl sites for hydroxylation is 1. The molecule has 0 aliphatic heterocycles. The highest BCUT2D eigenvalue weighted by Gasteiger charge is 2.11. The molecule has 0 spiro atoms. The van der Waals surface area contributed by atoms with Gasteiger partial charge in [0.05, 0.1) is 0 Å². The van der Waals surface area contributed by atoms with Gasteiger partial charge >= 0.3 is 0 Å². The maximum Gasteiger partial charge on any atom is 0.0490 e. The van der Waals surface area contributed by atoms with Crippen molar-refractivity contribution in [2.45, 2.75) is 26.2 Å². The minimum absolute atomic E-state index is 1.19. The van der Waals surface area contributed by atoms with Crippen LogP contribution in [0.15, 0.2) is 24.3 Å². The van der Waals surface area contributed by atoms with Crippen molar-refractivity contribution in [1.82, 2.24) is 4.57 Å². The molecule has 0 aliphatic carbocycles. The standard InChI is InChI=1S/C13H16IN/c1-3-4-8-12-13(14)10-7-5-6-9-11(10)15(12)2/h5-7,9H,3-4,8H2,1-2H3. The van der Waals surface area contributed by atoms with Crippen molar-refractivity contribution in [2.75, 3.05) is 0 Å². The van der Waals surface area contributed by atoms with Crippen LogP contribution in [-0.4, -0.2) is 4.57 Å². The molecule has 0 unspecified atom stereocenters. The van der Waals surface area contributed by atoms with Crippen molar-refractivity contribution >= 4 is 33.5 Å². The fourth-order valence-electron chi connectivity index (χ4n) is 2.02. The van der Waals surface area contributed by atoms with Crippen LogP contribution in [0.5, 0.6) is 0 Å². The lowest BCUT2D eigenvalue weighted by Gasteiger charge is -2.03. The summed E-state index contributed by atoms with van der Waals surface area (Å²) in [5, 5.41) is 1.40. The second-order valence-electron chi connectivity index (χ2n) is 3.94. The molecule has 2 rings (SSSR count). The zero-order valence-corrected chi connectivity index (χ0v) is 11.4. The molecule has 0 radical (unpaired) electrons. The Hall–Kier alpha value is -0.510. The topological polar surface area (TPSA) is 4.93 Å². The predicted octanol–water partition coefficient (Wildman–Crippen LogP) is 4.13. The number of aromatic nitrogens is 1. The van der Waals surface area contributed by atoms with Gasteiger partial charge in [0.2, 0.25) is 0 Å². The maximum absolute atomic E-state index is 2.48. The summed E-state index contributed by atoms with van der Waals surface area (Å²) in [5.74, 6) is 0. The number of hydrogen-bond donors (Lipinski definition) is 0. The Labute approximate surface area is 105 Å². The Morgan fingerprint density at radius 1 is 1.27 bits per heavy atom. The molecule has 2 heteroatoms. The van der Waals surface area contributed by atoms with Gasteiger partial charge in [-0.3, -0.25) is 0 Å². The van der Waals surface area contributed by atoms with Crippen LogP contribution < -0.4 is 0 Å². The van der Waals surface area contributed by atoms with Crippen LogP contribution >= 0.6 is 22.6 Å². The number of para-hydroxylation sites is 1. The van der Waals surface area contributed by atoms with E-state index in [0.29, 0.717) is 0 Å². The normalized spacial score (nSPS) is 11.1. The van der Waals surface area contributed by atoms with Crippen LogP contribution in [0, 0.1) is 3.57 Å². The monoisotopic (exact) mass is 313 g/mol. The van der Waals surface area contributed by atoms with E-state index in [9.17, 15) is 0 Å². The van der Waals surface area contributed by atoms with E-state index in [4.69, 9.17) is 0 Å². The van der Waals surface area contributed by atoms with Gasteiger partial charge in [-0.15, -0.1) is 0 Å². The summed E-state index contributed by atoms with van der Waals surface area (Å²) in [6, 6.07) is 8.65. The van der Waals surface area contributed by atoms with Crippen LogP contribution in [-0.2, 0) is 13.5 Å². The molecule has 0 saturated carbocycles. The summed E-state index contributed by atoms with van der Waals surface area (Å²) in [6.45, 7) is 2.25. The molecule has 0 fully saturated rings. The minimum Gasteiger partial charge on any atom is -0.347 e. The highest BCUT2D eigenvalue weighted by atomic mass is 127. The van der Waals surface area contributed by atoms with Crippen molar-refractivity contribution in [1.29, 1.82) is 0 Å². The Bertz CT molecular complexity index is 432. The average Bonchev–Trinajstić information content (AvgIpc) is 2.51. The quantitative estimate of drug-likeness (QED) is 0.751. The maximum atomic E-state index is 2.48. The van der Waals surface area contributed by atoms with E-state index < -0.39 is 0 Å². The summed E-state index contributed by atoms with van der Waals surface area (Å²) >= 11 is 2.48. The molecule has 1 nitrogen and oxygen atoms in total. The van der Waals surface area contributed by atoms with E-state index in [2.05, 4.69) is 65.4 Å². The third-order valence-electron chi connectivity index (χ3n) is 2.93. The van der Waals surface area contributed by atoms with E-state index >= 15 is 0 Å². The van der Waals surface area contributed by atoms with Gasteiger partial charge in [-0.05, 0) is 41.5 Å². The molecule has 0 bridgehead atoms. The first-order chi connectivity index (χ1) is 7.25. The first-order valence-electron chi connectivity index (χ1n) is 5.47. The Morgan fingerprint density at radius 2 is 2.00 bits per heavy atom. The van der Waals surface area contributed by atoms with Crippen molar-refractivity contribution in [3.8, 4) is 0 Å². The van der Waals surface area contributed by atoms with Gasteiger partial charge in [-0.1, -0.05) is 31.5 Å². The van der Waals surface area contributed by atoms with Crippen molar-refractivity contribution < 1.29 is 0 Å². The van der Waals surface area contributed by atoms with Crippen LogP contribution in [0.2, 0.25) is 0 Å². The van der Waals surface area contributed by atoms with E-state index in [-0.39, 0.29) is 0 Å². The third-order valence-corrected chi connectivity index (χ3v) is 4.13. The SMILES string of the molecule is CCCCc1c(I)c2ccccc2n1C. The first-order valence-corrected chi connectivity index (χ1v) is 6.55. The summed E-state index contributed by atoms with van der Waals surface area (Å²) in [6.07, 6.45) is 3.73. The van der Waals surface area contributed by atoms with Crippen LogP contribution in [0.1, 0.15) is 25.5 Å². The summed E-state index contributed by atoms with van der Waals surface area (Å²) in [4.78, 5) is 0. The van der Waals surface area contributed by atoms with Gasteiger partial charge in [0.15, 0.2) is 0 Å². The van der Waals surface area contributed by atoms with Crippen molar-refractivity contribution in [3.05, 3.63) is 33.5 Å². The molecule has 2 aromatic rings. The van der Waals surface area contributed by atoms with E-state index in [1.807, 2.05) is 0 Å². The molecular weight excluding hydrogens is 297 g/mol. The fraction of sp³-hybridized carbons (Fsp3) is 0.385. The molecule has 1 heterocycles. The zero-order chi connectivity index (χ0) is 10.8. The lowest BCUT2D eigenvalue weighted by molar-refractivity contribution is 0.739. The summed E-state index contributed by atoms with van der Waals surface area (Å²) in [7, 11) is 2.18. The Kier molecular flexibility index (Phi) is 3.34.